The summed E-state index contributed by atoms with van der Waals surface area (Å²) in [5, 5.41) is 9.13. The van der Waals surface area contributed by atoms with E-state index < -0.39 is 76.8 Å². The van der Waals surface area contributed by atoms with Gasteiger partial charge in [0.15, 0.2) is 5.82 Å². The first-order valence-corrected chi connectivity index (χ1v) is 18.9. The van der Waals surface area contributed by atoms with E-state index in [2.05, 4.69) is 9.97 Å². The van der Waals surface area contributed by atoms with Crippen LogP contribution in [-0.4, -0.2) is 114 Å². The molecule has 0 spiro atoms. The van der Waals surface area contributed by atoms with Crippen LogP contribution in [0.5, 0.6) is 6.01 Å². The molecule has 3 aliphatic rings. The molecule has 56 heavy (non-hydrogen) atoms. The molecule has 4 unspecified atom stereocenters. The van der Waals surface area contributed by atoms with Crippen LogP contribution in [-0.2, 0) is 11.0 Å². The number of likely N-dealkylation sites (N-methyl/N-ethyl adjacent to an activating group) is 2. The molecule has 3 aliphatic heterocycles. The van der Waals surface area contributed by atoms with Gasteiger partial charge in [0.2, 0.25) is 6.41 Å². The summed E-state index contributed by atoms with van der Waals surface area (Å²) in [6.07, 6.45) is -6.81. The number of nitrogens with zero attached hydrogens (tertiary/aromatic N) is 7. The van der Waals surface area contributed by atoms with Crippen LogP contribution < -0.4 is 15.4 Å². The first-order chi connectivity index (χ1) is 26.6. The number of nitriles is 1. The molecule has 0 saturated carbocycles. The Morgan fingerprint density at radius 2 is 2.00 bits per heavy atom. The van der Waals surface area contributed by atoms with Crippen molar-refractivity contribution in [2.24, 2.45) is 0 Å². The highest BCUT2D eigenvalue weighted by Gasteiger charge is 2.49. The number of aromatic nitrogens is 2. The minimum atomic E-state index is -5.18. The average molecular weight is 811 g/mol. The van der Waals surface area contributed by atoms with Crippen molar-refractivity contribution < 1.29 is 44.7 Å². The number of alkyl halides is 6. The molecule has 7 rings (SSSR count). The van der Waals surface area contributed by atoms with Crippen LogP contribution in [0.4, 0.5) is 45.9 Å². The number of rotatable bonds is 12. The van der Waals surface area contributed by atoms with Crippen molar-refractivity contribution in [1.82, 2.24) is 24.7 Å². The molecule has 2 aromatic heterocycles. The highest BCUT2D eigenvalue weighted by molar-refractivity contribution is 7.23. The lowest BCUT2D eigenvalue weighted by Gasteiger charge is -2.32. The van der Waals surface area contributed by atoms with Crippen LogP contribution in [0, 0.1) is 23.0 Å². The van der Waals surface area contributed by atoms with Crippen LogP contribution in [0.2, 0.25) is 0 Å². The highest BCUT2D eigenvalue weighted by atomic mass is 32.1. The molecule has 0 bridgehead atoms. The van der Waals surface area contributed by atoms with E-state index in [4.69, 9.17) is 10.5 Å². The molecule has 4 aromatic rings. The molecule has 19 heteroatoms. The van der Waals surface area contributed by atoms with Crippen molar-refractivity contribution in [3.8, 4) is 23.2 Å². The van der Waals surface area contributed by atoms with Crippen molar-refractivity contribution >= 4 is 49.6 Å². The summed E-state index contributed by atoms with van der Waals surface area (Å²) in [6, 6.07) is 3.11. The number of halogens is 8. The quantitative estimate of drug-likeness (QED) is 0.121. The third-order valence-electron chi connectivity index (χ3n) is 11.3. The average Bonchev–Trinajstić information content (AvgIpc) is 3.88. The van der Waals surface area contributed by atoms with Gasteiger partial charge in [0.05, 0.1) is 27.9 Å². The van der Waals surface area contributed by atoms with Gasteiger partial charge in [-0.05, 0) is 57.5 Å². The lowest BCUT2D eigenvalue weighted by Crippen LogP contribution is -2.43. The number of benzene rings is 2. The van der Waals surface area contributed by atoms with Gasteiger partial charge in [0, 0.05) is 61.0 Å². The number of carbonyl (C=O) groups excluding carboxylic acids is 1. The van der Waals surface area contributed by atoms with Crippen molar-refractivity contribution in [2.45, 2.75) is 69.0 Å². The topological polar surface area (TPSA) is 115 Å². The second kappa shape index (κ2) is 15.1. The summed E-state index contributed by atoms with van der Waals surface area (Å²) >= 11 is 0.651. The minimum Gasteiger partial charge on any atom is -0.461 e. The van der Waals surface area contributed by atoms with Crippen LogP contribution in [0.3, 0.4) is 0 Å². The van der Waals surface area contributed by atoms with Gasteiger partial charge in [-0.1, -0.05) is 6.07 Å². The molecule has 0 aliphatic carbocycles. The third-order valence-corrected chi connectivity index (χ3v) is 12.3. The number of likely N-dealkylation sites (tertiary alicyclic amines) is 1. The van der Waals surface area contributed by atoms with Crippen molar-refractivity contribution in [3.05, 3.63) is 41.0 Å². The molecule has 10 nitrogen and oxygen atoms in total. The Labute approximate surface area is 320 Å². The number of nitrogen functional groups attached to an aromatic ring is 1. The van der Waals surface area contributed by atoms with Gasteiger partial charge >= 0.3 is 12.2 Å². The Morgan fingerprint density at radius 1 is 1.23 bits per heavy atom. The van der Waals surface area contributed by atoms with Crippen molar-refractivity contribution in [3.63, 3.8) is 0 Å². The molecule has 2 N–H and O–H groups in total. The molecule has 2 aromatic carbocycles. The van der Waals surface area contributed by atoms with E-state index >= 15 is 22.0 Å². The van der Waals surface area contributed by atoms with E-state index in [0.29, 0.717) is 30.7 Å². The molecule has 300 valence electrons. The van der Waals surface area contributed by atoms with E-state index in [9.17, 15) is 23.2 Å². The van der Waals surface area contributed by atoms with Crippen LogP contribution in [0.15, 0.2) is 18.2 Å². The van der Waals surface area contributed by atoms with Gasteiger partial charge in [-0.3, -0.25) is 14.6 Å². The van der Waals surface area contributed by atoms with Gasteiger partial charge in [-0.2, -0.15) is 28.4 Å². The van der Waals surface area contributed by atoms with Crippen LogP contribution in [0.25, 0.3) is 32.1 Å². The number of thiophene rings is 1. The maximum atomic E-state index is 17.3. The first-order valence-electron chi connectivity index (χ1n) is 18.1. The van der Waals surface area contributed by atoms with Gasteiger partial charge in [0.1, 0.15) is 41.0 Å². The van der Waals surface area contributed by atoms with E-state index in [0.717, 1.165) is 29.5 Å². The third kappa shape index (κ3) is 7.04. The largest absolute Gasteiger partial charge is 0.461 e. The van der Waals surface area contributed by atoms with Gasteiger partial charge in [-0.25, -0.2) is 22.0 Å². The maximum absolute atomic E-state index is 17.3. The normalized spacial score (nSPS) is 23.0. The molecule has 5 heterocycles. The zero-order chi connectivity index (χ0) is 40.3. The molecule has 3 fully saturated rings. The van der Waals surface area contributed by atoms with E-state index in [-0.39, 0.29) is 83.5 Å². The Morgan fingerprint density at radius 3 is 2.68 bits per heavy atom. The zero-order valence-corrected chi connectivity index (χ0v) is 31.2. The Hall–Kier alpha value is -4.54. The van der Waals surface area contributed by atoms with Crippen molar-refractivity contribution in [1.29, 1.82) is 5.26 Å². The number of fused-ring (bicyclic) bond motifs is 3. The van der Waals surface area contributed by atoms with E-state index in [1.807, 2.05) is 15.9 Å². The summed E-state index contributed by atoms with van der Waals surface area (Å²) in [5.41, 5.74) is 1.61. The number of anilines is 2. The summed E-state index contributed by atoms with van der Waals surface area (Å²) < 4.78 is 125. The molecule has 4 atom stereocenters. The Bertz CT molecular complexity index is 2200. The number of hydrogen-bond donors (Lipinski definition) is 1. The highest BCUT2D eigenvalue weighted by Crippen LogP contribution is 2.48. The molecular formula is C37H38F8N8O2S. The van der Waals surface area contributed by atoms with Gasteiger partial charge in [0.25, 0.3) is 6.43 Å². The Kier molecular flexibility index (Phi) is 10.7. The predicted molar refractivity (Wildman–Crippen MR) is 194 cm³/mol. The van der Waals surface area contributed by atoms with Gasteiger partial charge < -0.3 is 20.3 Å². The molecule has 0 radical (unpaired) electrons. The summed E-state index contributed by atoms with van der Waals surface area (Å²) in [7, 11) is 1.73. The fourth-order valence-corrected chi connectivity index (χ4v) is 9.75. The number of amides is 1. The zero-order valence-electron chi connectivity index (χ0n) is 30.4. The smallest absolute Gasteiger partial charge is 0.417 e. The minimum absolute atomic E-state index is 0.0362. The fourth-order valence-electron chi connectivity index (χ4n) is 8.80. The Balaban J connectivity index is 1.40. The van der Waals surface area contributed by atoms with Gasteiger partial charge in [-0.15, -0.1) is 11.3 Å². The van der Waals surface area contributed by atoms with Crippen molar-refractivity contribution in [2.75, 3.05) is 63.6 Å². The number of carbonyl (C=O) groups is 1. The summed E-state index contributed by atoms with van der Waals surface area (Å²) in [5.74, 6) is -2.38. The van der Waals surface area contributed by atoms with E-state index in [1.165, 1.54) is 0 Å². The summed E-state index contributed by atoms with van der Waals surface area (Å²) in [4.78, 5) is 27.0. The predicted octanol–water partition coefficient (Wildman–Crippen LogP) is 6.84. The fraction of sp³-hybridized carbons (Fsp3) is 0.514. The first kappa shape index (κ1) is 39.7. The second-order valence-corrected chi connectivity index (χ2v) is 15.7. The standard InChI is InChI=1S/C37H38F8N8O2S/c1-3-53(21-9-20(50(2)14-21)15-51(18-54)16-27(40)41)34-23-10-25(37(43,44)45)29(22-5-6-26(39)32-28(22)24(12-46)33(47)56-32)30(42)31(23)48-35(49-34)55-17-36-7-4-8-52(36)13-19(38)11-36/h5-6,10,18-21,27H,3-4,7-9,11,13-17,47H2,1-2H3. The molecular weight excluding hydrogens is 773 g/mol. The number of hydrogen-bond acceptors (Lipinski definition) is 10. The summed E-state index contributed by atoms with van der Waals surface area (Å²) in [6.45, 7) is 2.14. The van der Waals surface area contributed by atoms with E-state index in [1.54, 1.807) is 18.9 Å². The second-order valence-electron chi connectivity index (χ2n) is 14.7. The molecule has 1 amide bonds. The lowest BCUT2D eigenvalue weighted by atomic mass is 9.92. The van der Waals surface area contributed by atoms with Crippen LogP contribution >= 0.6 is 11.3 Å². The lowest BCUT2D eigenvalue weighted by molar-refractivity contribution is -0.137. The number of nitrogens with two attached hydrogens (primary N) is 1. The maximum Gasteiger partial charge on any atom is 0.417 e. The number of ether oxygens (including phenoxy) is 1. The SMILES string of the molecule is CCN(c1nc(OCC23CCCN2CC(F)C3)nc2c(F)c(-c3ccc(F)c4sc(N)c(C#N)c34)c(C(F)(F)F)cc12)C1CC(CN(C=O)CC(F)F)N(C)C1. The van der Waals surface area contributed by atoms with Crippen LogP contribution in [0.1, 0.15) is 43.7 Å². The molecule has 3 saturated heterocycles. The monoisotopic (exact) mass is 810 g/mol.